The van der Waals surface area contributed by atoms with Crippen LogP contribution in [0.2, 0.25) is 0 Å². The van der Waals surface area contributed by atoms with Crippen molar-refractivity contribution in [2.75, 3.05) is 26.8 Å². The summed E-state index contributed by atoms with van der Waals surface area (Å²) in [5, 5.41) is 14.9. The number of rotatable bonds is 8. The molecule has 6 nitrogen and oxygen atoms in total. The quantitative estimate of drug-likeness (QED) is 0.637. The molecule has 2 aliphatic heterocycles. The largest absolute Gasteiger partial charge is 0.509 e. The van der Waals surface area contributed by atoms with Crippen LogP contribution in [-0.2, 0) is 14.5 Å². The molecule has 1 amide bonds. The van der Waals surface area contributed by atoms with E-state index in [1.165, 1.54) is 5.06 Å². The molecule has 1 aromatic rings. The molecule has 0 aliphatic carbocycles. The van der Waals surface area contributed by atoms with Crippen LogP contribution in [0.3, 0.4) is 0 Å². The minimum atomic E-state index is -0.838. The van der Waals surface area contributed by atoms with E-state index in [1.54, 1.807) is 7.11 Å². The second kappa shape index (κ2) is 9.72. The number of benzene rings is 1. The average Bonchev–Trinajstić information content (AvgIpc) is 2.92. The van der Waals surface area contributed by atoms with E-state index in [2.05, 4.69) is 26.0 Å². The van der Waals surface area contributed by atoms with E-state index in [4.69, 9.17) is 9.68 Å². The van der Waals surface area contributed by atoms with E-state index >= 15 is 0 Å². The van der Waals surface area contributed by atoms with Crippen molar-refractivity contribution in [3.63, 3.8) is 0 Å². The lowest BCUT2D eigenvalue weighted by atomic mass is 9.85. The van der Waals surface area contributed by atoms with Gasteiger partial charge in [0.2, 0.25) is 0 Å². The maximum Gasteiger partial charge on any atom is 0.282 e. The molecule has 1 fully saturated rings. The van der Waals surface area contributed by atoms with Gasteiger partial charge in [-0.25, -0.2) is 5.06 Å². The number of amides is 1. The van der Waals surface area contributed by atoms with Crippen molar-refractivity contribution in [2.24, 2.45) is 5.92 Å². The average molecular weight is 431 g/mol. The maximum atomic E-state index is 13.7. The first-order chi connectivity index (χ1) is 14.8. The smallest absolute Gasteiger partial charge is 0.282 e. The first-order valence-corrected chi connectivity index (χ1v) is 11.6. The van der Waals surface area contributed by atoms with Gasteiger partial charge in [-0.05, 0) is 62.6 Å². The number of hydrogen-bond acceptors (Lipinski definition) is 5. The highest BCUT2D eigenvalue weighted by molar-refractivity contribution is 6.23. The fourth-order valence-corrected chi connectivity index (χ4v) is 5.18. The Kier molecular flexibility index (Phi) is 7.45. The summed E-state index contributed by atoms with van der Waals surface area (Å²) in [6.07, 6.45) is 4.28. The van der Waals surface area contributed by atoms with E-state index in [1.807, 2.05) is 25.8 Å². The van der Waals surface area contributed by atoms with Gasteiger partial charge in [0.25, 0.3) is 5.91 Å². The lowest BCUT2D eigenvalue weighted by Crippen LogP contribution is -2.55. The maximum absolute atomic E-state index is 13.7. The lowest BCUT2D eigenvalue weighted by molar-refractivity contribution is -0.236. The molecule has 1 unspecified atom stereocenters. The van der Waals surface area contributed by atoms with Crippen LogP contribution in [0.4, 0.5) is 0 Å². The zero-order chi connectivity index (χ0) is 22.8. The summed E-state index contributed by atoms with van der Waals surface area (Å²) in [7, 11) is 1.66. The molecule has 0 radical (unpaired) electrons. The van der Waals surface area contributed by atoms with Crippen molar-refractivity contribution in [3.8, 4) is 0 Å². The third-order valence-corrected chi connectivity index (χ3v) is 6.91. The summed E-state index contributed by atoms with van der Waals surface area (Å²) in [6, 6.07) is 4.13. The molecule has 1 saturated heterocycles. The summed E-state index contributed by atoms with van der Waals surface area (Å²) in [5.41, 5.74) is 3.52. The Morgan fingerprint density at radius 3 is 2.26 bits per heavy atom. The second-order valence-corrected chi connectivity index (χ2v) is 9.10. The summed E-state index contributed by atoms with van der Waals surface area (Å²) in [4.78, 5) is 25.4. The molecule has 3 rings (SSSR count). The van der Waals surface area contributed by atoms with Gasteiger partial charge < -0.3 is 9.94 Å². The number of hydroxylamine groups is 4. The molecule has 2 heterocycles. The molecule has 172 valence electrons. The zero-order valence-corrected chi connectivity index (χ0v) is 20.0. The third kappa shape index (κ3) is 4.38. The van der Waals surface area contributed by atoms with Crippen LogP contribution in [0.15, 0.2) is 17.9 Å². The molecule has 1 aromatic carbocycles. The number of carbonyl (C=O) groups excluding carboxylic acids is 1. The normalized spacial score (nSPS) is 20.2. The predicted molar refractivity (Wildman–Crippen MR) is 122 cm³/mol. The van der Waals surface area contributed by atoms with Gasteiger partial charge in [0.1, 0.15) is 11.3 Å². The Morgan fingerprint density at radius 1 is 1.13 bits per heavy atom. The number of nitrogens with zero attached hydrogens (tertiary/aromatic N) is 2. The Morgan fingerprint density at radius 2 is 1.74 bits per heavy atom. The van der Waals surface area contributed by atoms with E-state index in [-0.39, 0.29) is 11.7 Å². The van der Waals surface area contributed by atoms with Gasteiger partial charge in [0.15, 0.2) is 0 Å². The van der Waals surface area contributed by atoms with Gasteiger partial charge in [-0.3, -0.25) is 9.63 Å². The fraction of sp³-hybridized carbons (Fsp3) is 0.640. The lowest BCUT2D eigenvalue weighted by Gasteiger charge is -2.43. The second-order valence-electron chi connectivity index (χ2n) is 9.10. The Balaban J connectivity index is 2.02. The SMILES string of the molecule is CCCC(CC)CON1C(=O)C(c2c(C)cc(C)cc2C)=C(O)C12CCN(OC)CC2. The number of hydrogen-bond donors (Lipinski definition) is 1. The van der Waals surface area contributed by atoms with Crippen LogP contribution in [-0.4, -0.2) is 53.5 Å². The van der Waals surface area contributed by atoms with E-state index in [0.29, 0.717) is 44.0 Å². The Bertz CT molecular complexity index is 817. The minimum absolute atomic E-state index is 0.145. The van der Waals surface area contributed by atoms with Crippen molar-refractivity contribution in [3.05, 3.63) is 40.1 Å². The third-order valence-electron chi connectivity index (χ3n) is 6.91. The molecule has 1 spiro atoms. The Labute approximate surface area is 186 Å². The molecule has 31 heavy (non-hydrogen) atoms. The van der Waals surface area contributed by atoms with Crippen molar-refractivity contribution in [1.29, 1.82) is 0 Å². The molecule has 1 N–H and O–H groups in total. The summed E-state index contributed by atoms with van der Waals surface area (Å²) < 4.78 is 0. The van der Waals surface area contributed by atoms with Gasteiger partial charge in [-0.2, -0.15) is 5.06 Å². The first-order valence-electron chi connectivity index (χ1n) is 11.6. The van der Waals surface area contributed by atoms with Crippen molar-refractivity contribution in [2.45, 2.75) is 72.3 Å². The number of aliphatic hydroxyl groups is 1. The highest BCUT2D eigenvalue weighted by Crippen LogP contribution is 2.46. The summed E-state index contributed by atoms with van der Waals surface area (Å²) >= 11 is 0. The molecular weight excluding hydrogens is 392 g/mol. The predicted octanol–water partition coefficient (Wildman–Crippen LogP) is 4.88. The van der Waals surface area contributed by atoms with Gasteiger partial charge in [-0.15, -0.1) is 0 Å². The van der Waals surface area contributed by atoms with Crippen molar-refractivity contribution >= 4 is 11.5 Å². The molecule has 0 aromatic heterocycles. The molecule has 2 aliphatic rings. The number of aryl methyl sites for hydroxylation is 3. The van der Waals surface area contributed by atoms with Gasteiger partial charge in [-0.1, -0.05) is 44.4 Å². The molecule has 1 atom stereocenters. The van der Waals surface area contributed by atoms with Crippen LogP contribution >= 0.6 is 0 Å². The Hall–Kier alpha value is -1.89. The molecule has 0 bridgehead atoms. The first kappa shape index (κ1) is 23.8. The number of piperidine rings is 1. The van der Waals surface area contributed by atoms with Crippen LogP contribution in [0.25, 0.3) is 5.57 Å². The van der Waals surface area contributed by atoms with Crippen molar-refractivity contribution < 1.29 is 19.6 Å². The van der Waals surface area contributed by atoms with Crippen molar-refractivity contribution in [1.82, 2.24) is 10.1 Å². The van der Waals surface area contributed by atoms with Gasteiger partial charge >= 0.3 is 0 Å². The zero-order valence-electron chi connectivity index (χ0n) is 20.0. The number of carbonyl (C=O) groups is 1. The highest BCUT2D eigenvalue weighted by Gasteiger charge is 2.55. The monoisotopic (exact) mass is 430 g/mol. The van der Waals surface area contributed by atoms with Gasteiger partial charge in [0.05, 0.1) is 19.3 Å². The highest BCUT2D eigenvalue weighted by atomic mass is 16.7. The van der Waals surface area contributed by atoms with Gasteiger partial charge in [0, 0.05) is 13.1 Å². The molecule has 6 heteroatoms. The fourth-order valence-electron chi connectivity index (χ4n) is 5.18. The van der Waals surface area contributed by atoms with Crippen LogP contribution < -0.4 is 0 Å². The van der Waals surface area contributed by atoms with E-state index in [9.17, 15) is 9.90 Å². The summed E-state index contributed by atoms with van der Waals surface area (Å²) in [5.74, 6) is 0.305. The minimum Gasteiger partial charge on any atom is -0.509 e. The molecule has 0 saturated carbocycles. The van der Waals surface area contributed by atoms with Crippen LogP contribution in [0.1, 0.15) is 68.2 Å². The topological polar surface area (TPSA) is 62.2 Å². The standard InChI is InChI=1S/C25H38N2O4/c1-7-9-20(8-2)16-31-27-24(29)22(21-18(4)14-17(3)15-19(21)5)23(28)25(27)10-12-26(30-6)13-11-25/h14-15,20,28H,7-13,16H2,1-6H3. The van der Waals surface area contributed by atoms with E-state index in [0.717, 1.165) is 41.5 Å². The number of aliphatic hydroxyl groups excluding tert-OH is 1. The van der Waals surface area contributed by atoms with Crippen LogP contribution in [0.5, 0.6) is 0 Å². The summed E-state index contributed by atoms with van der Waals surface area (Å²) in [6.45, 7) is 12.1. The molecular formula is C25H38N2O4. The van der Waals surface area contributed by atoms with E-state index < -0.39 is 5.54 Å². The van der Waals surface area contributed by atoms with Crippen LogP contribution in [0, 0.1) is 26.7 Å².